The van der Waals surface area contributed by atoms with E-state index in [1.54, 1.807) is 23.6 Å². The molecule has 1 amide bonds. The molecule has 2 heterocycles. The fourth-order valence-corrected chi connectivity index (χ4v) is 3.75. The zero-order valence-corrected chi connectivity index (χ0v) is 19.8. The van der Waals surface area contributed by atoms with Crippen molar-refractivity contribution in [2.24, 2.45) is 0 Å². The standard InChI is InChI=1S/C23H23FN6O3S/c1-23(2,3)30-21(31)18-10-34-22(29-18)33-12-5-6-16(14(24)7-12)28-20-13-8-15(25)19(32-4)9-17(13)26-11-27-20/h5-11H,25H2,1-4H3,(H,30,31)(H,26,27,28). The minimum Gasteiger partial charge on any atom is -0.495 e. The number of halogens is 1. The van der Waals surface area contributed by atoms with Gasteiger partial charge in [-0.05, 0) is 39.0 Å². The SMILES string of the molecule is COc1cc2ncnc(Nc3ccc(Oc4nc(C(=O)NC(C)(C)C)cs4)cc3F)c2cc1N. The molecule has 0 atom stereocenters. The van der Waals surface area contributed by atoms with Gasteiger partial charge in [-0.2, -0.15) is 4.98 Å². The van der Waals surface area contributed by atoms with Gasteiger partial charge < -0.3 is 25.8 Å². The molecule has 11 heteroatoms. The number of hydrogen-bond donors (Lipinski definition) is 3. The average Bonchev–Trinajstić information content (AvgIpc) is 3.23. The number of nitrogens with one attached hydrogen (secondary N) is 2. The van der Waals surface area contributed by atoms with Crippen LogP contribution < -0.4 is 25.8 Å². The third-order valence-electron chi connectivity index (χ3n) is 4.59. The van der Waals surface area contributed by atoms with Gasteiger partial charge in [0.25, 0.3) is 11.1 Å². The summed E-state index contributed by atoms with van der Waals surface area (Å²) in [5.74, 6) is 0.252. The Morgan fingerprint density at radius 2 is 1.97 bits per heavy atom. The topological polar surface area (TPSA) is 124 Å². The lowest BCUT2D eigenvalue weighted by atomic mass is 10.1. The van der Waals surface area contributed by atoms with Crippen LogP contribution in [-0.2, 0) is 0 Å². The highest BCUT2D eigenvalue weighted by molar-refractivity contribution is 7.11. The van der Waals surface area contributed by atoms with Crippen LogP contribution in [0.15, 0.2) is 42.0 Å². The Morgan fingerprint density at radius 3 is 2.68 bits per heavy atom. The highest BCUT2D eigenvalue weighted by Crippen LogP contribution is 2.33. The van der Waals surface area contributed by atoms with Crippen LogP contribution in [0.2, 0.25) is 0 Å². The highest BCUT2D eigenvalue weighted by Gasteiger charge is 2.18. The van der Waals surface area contributed by atoms with Crippen LogP contribution in [0.1, 0.15) is 31.3 Å². The summed E-state index contributed by atoms with van der Waals surface area (Å²) in [7, 11) is 1.52. The molecule has 0 fully saturated rings. The number of nitrogens with zero attached hydrogens (tertiary/aromatic N) is 3. The number of carbonyl (C=O) groups excluding carboxylic acids is 1. The lowest BCUT2D eigenvalue weighted by Gasteiger charge is -2.19. The number of ether oxygens (including phenoxy) is 2. The number of fused-ring (bicyclic) bond motifs is 1. The first-order valence-corrected chi connectivity index (χ1v) is 11.1. The third kappa shape index (κ3) is 5.15. The average molecular weight is 483 g/mol. The van der Waals surface area contributed by atoms with E-state index in [1.807, 2.05) is 20.8 Å². The van der Waals surface area contributed by atoms with Crippen molar-refractivity contribution in [3.63, 3.8) is 0 Å². The Morgan fingerprint density at radius 1 is 1.18 bits per heavy atom. The fraction of sp³-hybridized carbons (Fsp3) is 0.217. The second-order valence-electron chi connectivity index (χ2n) is 8.41. The number of nitrogen functional groups attached to an aromatic ring is 1. The molecule has 0 saturated carbocycles. The molecule has 4 aromatic rings. The first-order valence-electron chi connectivity index (χ1n) is 10.2. The van der Waals surface area contributed by atoms with E-state index in [2.05, 4.69) is 25.6 Å². The first kappa shape index (κ1) is 23.2. The number of anilines is 3. The first-order chi connectivity index (χ1) is 16.1. The summed E-state index contributed by atoms with van der Waals surface area (Å²) in [6.07, 6.45) is 1.37. The molecule has 0 saturated heterocycles. The van der Waals surface area contributed by atoms with Crippen LogP contribution in [0.25, 0.3) is 10.9 Å². The molecule has 0 aliphatic carbocycles. The maximum Gasteiger partial charge on any atom is 0.279 e. The van der Waals surface area contributed by atoms with E-state index in [9.17, 15) is 9.18 Å². The Bertz CT molecular complexity index is 1370. The van der Waals surface area contributed by atoms with Crippen LogP contribution in [0, 0.1) is 5.82 Å². The zero-order valence-electron chi connectivity index (χ0n) is 19.0. The second kappa shape index (κ2) is 9.10. The Kier molecular flexibility index (Phi) is 6.20. The van der Waals surface area contributed by atoms with E-state index in [4.69, 9.17) is 15.2 Å². The van der Waals surface area contributed by atoms with Crippen molar-refractivity contribution in [2.75, 3.05) is 18.2 Å². The quantitative estimate of drug-likeness (QED) is 0.332. The fourth-order valence-electron chi connectivity index (χ4n) is 3.08. The maximum absolute atomic E-state index is 14.8. The van der Waals surface area contributed by atoms with Crippen LogP contribution >= 0.6 is 11.3 Å². The van der Waals surface area contributed by atoms with Crippen LogP contribution in [-0.4, -0.2) is 33.5 Å². The molecule has 34 heavy (non-hydrogen) atoms. The molecule has 0 radical (unpaired) electrons. The Labute approximate surface area is 199 Å². The van der Waals surface area contributed by atoms with Crippen molar-refractivity contribution in [3.05, 3.63) is 53.6 Å². The predicted molar refractivity (Wildman–Crippen MR) is 130 cm³/mol. The molecule has 4 rings (SSSR count). The van der Waals surface area contributed by atoms with Crippen molar-refractivity contribution in [3.8, 4) is 16.7 Å². The summed E-state index contributed by atoms with van der Waals surface area (Å²) < 4.78 is 25.7. The molecule has 0 spiro atoms. The lowest BCUT2D eigenvalue weighted by Crippen LogP contribution is -2.40. The van der Waals surface area contributed by atoms with E-state index >= 15 is 0 Å². The number of thiazole rings is 1. The number of aromatic nitrogens is 3. The number of methoxy groups -OCH3 is 1. The highest BCUT2D eigenvalue weighted by atomic mass is 32.1. The number of nitrogens with two attached hydrogens (primary N) is 1. The summed E-state index contributed by atoms with van der Waals surface area (Å²) in [6.45, 7) is 5.63. The molecule has 0 aliphatic heterocycles. The predicted octanol–water partition coefficient (Wildman–Crippen LogP) is 4.88. The summed E-state index contributed by atoms with van der Waals surface area (Å²) in [5, 5.41) is 8.23. The summed E-state index contributed by atoms with van der Waals surface area (Å²) in [4.78, 5) is 24.8. The molecular weight excluding hydrogens is 459 g/mol. The molecule has 2 aromatic heterocycles. The Balaban J connectivity index is 1.52. The van der Waals surface area contributed by atoms with Gasteiger partial charge in [0.1, 0.15) is 35.2 Å². The van der Waals surface area contributed by atoms with Crippen molar-refractivity contribution in [1.82, 2.24) is 20.3 Å². The van der Waals surface area contributed by atoms with Gasteiger partial charge in [0, 0.05) is 28.4 Å². The van der Waals surface area contributed by atoms with Gasteiger partial charge in [0.2, 0.25) is 0 Å². The van der Waals surface area contributed by atoms with Gasteiger partial charge in [0.15, 0.2) is 0 Å². The number of benzene rings is 2. The van der Waals surface area contributed by atoms with Crippen molar-refractivity contribution in [2.45, 2.75) is 26.3 Å². The molecule has 0 unspecified atom stereocenters. The van der Waals surface area contributed by atoms with Gasteiger partial charge in [0.05, 0.1) is 24.0 Å². The largest absolute Gasteiger partial charge is 0.495 e. The van der Waals surface area contributed by atoms with Gasteiger partial charge in [-0.25, -0.2) is 14.4 Å². The van der Waals surface area contributed by atoms with E-state index in [-0.39, 0.29) is 33.8 Å². The Hall–Kier alpha value is -3.99. The van der Waals surface area contributed by atoms with E-state index < -0.39 is 5.82 Å². The van der Waals surface area contributed by atoms with Crippen molar-refractivity contribution >= 4 is 45.3 Å². The van der Waals surface area contributed by atoms with Crippen LogP contribution in [0.3, 0.4) is 0 Å². The summed E-state index contributed by atoms with van der Waals surface area (Å²) in [6, 6.07) is 7.69. The number of carbonyl (C=O) groups is 1. The van der Waals surface area contributed by atoms with E-state index in [1.165, 1.54) is 25.6 Å². The molecule has 9 nitrogen and oxygen atoms in total. The third-order valence-corrected chi connectivity index (χ3v) is 5.31. The van der Waals surface area contributed by atoms with Gasteiger partial charge in [-0.15, -0.1) is 0 Å². The van der Waals surface area contributed by atoms with Crippen molar-refractivity contribution in [1.29, 1.82) is 0 Å². The molecule has 0 bridgehead atoms. The second-order valence-corrected chi connectivity index (χ2v) is 9.23. The van der Waals surface area contributed by atoms with Gasteiger partial charge >= 0.3 is 0 Å². The van der Waals surface area contributed by atoms with E-state index in [0.717, 1.165) is 11.3 Å². The monoisotopic (exact) mass is 482 g/mol. The summed E-state index contributed by atoms with van der Waals surface area (Å²) >= 11 is 1.15. The van der Waals surface area contributed by atoms with Gasteiger partial charge in [-0.1, -0.05) is 11.3 Å². The number of hydrogen-bond acceptors (Lipinski definition) is 9. The van der Waals surface area contributed by atoms with Crippen LogP contribution in [0.4, 0.5) is 21.6 Å². The van der Waals surface area contributed by atoms with E-state index in [0.29, 0.717) is 28.2 Å². The summed E-state index contributed by atoms with van der Waals surface area (Å²) in [5.41, 5.74) is 7.05. The van der Waals surface area contributed by atoms with Gasteiger partial charge in [-0.3, -0.25) is 4.79 Å². The minimum absolute atomic E-state index is 0.186. The molecular formula is C23H23FN6O3S. The molecule has 4 N–H and O–H groups in total. The molecule has 176 valence electrons. The minimum atomic E-state index is -0.562. The molecule has 2 aromatic carbocycles. The number of rotatable bonds is 6. The lowest BCUT2D eigenvalue weighted by molar-refractivity contribution is 0.0914. The normalized spacial score (nSPS) is 11.3. The smallest absolute Gasteiger partial charge is 0.279 e. The maximum atomic E-state index is 14.8. The number of amides is 1. The van der Waals surface area contributed by atoms with Crippen LogP contribution in [0.5, 0.6) is 16.7 Å². The molecule has 0 aliphatic rings. The zero-order chi connectivity index (χ0) is 24.5. The van der Waals surface area contributed by atoms with Crippen molar-refractivity contribution < 1.29 is 18.7 Å².